The van der Waals surface area contributed by atoms with Gasteiger partial charge in [-0.25, -0.2) is 10.8 Å². The minimum Gasteiger partial charge on any atom is -0.338 e. The van der Waals surface area contributed by atoms with Crippen LogP contribution in [0.5, 0.6) is 0 Å². The molecule has 1 aromatic heterocycles. The lowest BCUT2D eigenvalue weighted by Gasteiger charge is -2.12. The number of nitrogens with two attached hydrogens (primary N) is 1. The molecule has 0 amide bonds. The highest BCUT2D eigenvalue weighted by Gasteiger charge is 2.11. The van der Waals surface area contributed by atoms with Gasteiger partial charge in [0.15, 0.2) is 11.6 Å². The number of benzene rings is 1. The van der Waals surface area contributed by atoms with Crippen LogP contribution in [0.3, 0.4) is 0 Å². The summed E-state index contributed by atoms with van der Waals surface area (Å²) in [4.78, 5) is 4.15. The highest BCUT2D eigenvalue weighted by molar-refractivity contribution is 9.10. The summed E-state index contributed by atoms with van der Waals surface area (Å²) in [5.41, 5.74) is 3.40. The van der Waals surface area contributed by atoms with Gasteiger partial charge in [0.25, 0.3) is 0 Å². The number of pyridine rings is 1. The van der Waals surface area contributed by atoms with E-state index in [1.165, 1.54) is 6.07 Å². The first kappa shape index (κ1) is 14.9. The summed E-state index contributed by atoms with van der Waals surface area (Å²) in [7, 11) is 0. The van der Waals surface area contributed by atoms with E-state index in [1.54, 1.807) is 18.2 Å². The second kappa shape index (κ2) is 6.29. The summed E-state index contributed by atoms with van der Waals surface area (Å²) in [6, 6.07) is 8.79. The summed E-state index contributed by atoms with van der Waals surface area (Å²) in [6.45, 7) is 0. The molecule has 0 aliphatic rings. The van der Waals surface area contributed by atoms with Crippen LogP contribution < -0.4 is 16.6 Å². The van der Waals surface area contributed by atoms with Crippen LogP contribution in [0, 0.1) is 11.3 Å². The van der Waals surface area contributed by atoms with E-state index in [4.69, 9.17) is 34.3 Å². The van der Waals surface area contributed by atoms with E-state index in [1.807, 2.05) is 0 Å². The lowest BCUT2D eigenvalue weighted by atomic mass is 10.2. The Kier molecular flexibility index (Phi) is 4.68. The Morgan fingerprint density at radius 2 is 1.90 bits per heavy atom. The quantitative estimate of drug-likeness (QED) is 0.558. The lowest BCUT2D eigenvalue weighted by Crippen LogP contribution is -2.10. The normalized spacial score (nSPS) is 9.95. The SMILES string of the molecule is N#Cc1ccc(Br)cc1Nc1nc(NN)c(Cl)cc1Cl. The number of nitrogens with zero attached hydrogens (tertiary/aromatic N) is 2. The number of hydrogen-bond acceptors (Lipinski definition) is 5. The number of rotatable bonds is 3. The molecule has 0 aliphatic carbocycles. The first-order valence-electron chi connectivity index (χ1n) is 5.34. The smallest absolute Gasteiger partial charge is 0.161 e. The highest BCUT2D eigenvalue weighted by Crippen LogP contribution is 2.32. The fraction of sp³-hybridized carbons (Fsp3) is 0. The second-order valence-electron chi connectivity index (χ2n) is 3.72. The molecule has 2 rings (SSSR count). The number of nitrogens with one attached hydrogen (secondary N) is 2. The zero-order valence-corrected chi connectivity index (χ0v) is 13.0. The minimum atomic E-state index is 0.284. The molecule has 8 heteroatoms. The number of halogens is 3. The molecule has 20 heavy (non-hydrogen) atoms. The van der Waals surface area contributed by atoms with Crippen LogP contribution in [0.4, 0.5) is 17.3 Å². The van der Waals surface area contributed by atoms with E-state index < -0.39 is 0 Å². The van der Waals surface area contributed by atoms with Crippen LogP contribution in [0.1, 0.15) is 5.56 Å². The molecular formula is C12H8BrCl2N5. The van der Waals surface area contributed by atoms with Gasteiger partial charge in [0.1, 0.15) is 6.07 Å². The Bertz CT molecular complexity index is 699. The van der Waals surface area contributed by atoms with Crippen LogP contribution in [-0.4, -0.2) is 4.98 Å². The van der Waals surface area contributed by atoms with Gasteiger partial charge < -0.3 is 10.7 Å². The molecule has 0 unspecified atom stereocenters. The molecule has 1 aromatic carbocycles. The molecule has 0 spiro atoms. The third-order valence-electron chi connectivity index (χ3n) is 2.42. The Morgan fingerprint density at radius 1 is 1.20 bits per heavy atom. The van der Waals surface area contributed by atoms with Crippen molar-refractivity contribution in [3.8, 4) is 6.07 Å². The van der Waals surface area contributed by atoms with Crippen molar-refractivity contribution < 1.29 is 0 Å². The number of hydrogen-bond donors (Lipinski definition) is 3. The number of hydrazine groups is 1. The third-order valence-corrected chi connectivity index (χ3v) is 3.49. The van der Waals surface area contributed by atoms with Gasteiger partial charge in [-0.05, 0) is 24.3 Å². The van der Waals surface area contributed by atoms with E-state index in [0.29, 0.717) is 27.1 Å². The number of aromatic nitrogens is 1. The van der Waals surface area contributed by atoms with Gasteiger partial charge in [-0.2, -0.15) is 5.26 Å². The zero-order chi connectivity index (χ0) is 14.7. The third kappa shape index (κ3) is 3.14. The molecule has 1 heterocycles. The van der Waals surface area contributed by atoms with Gasteiger partial charge in [0, 0.05) is 4.47 Å². The molecule has 0 aliphatic heterocycles. The van der Waals surface area contributed by atoms with Crippen molar-refractivity contribution in [2.75, 3.05) is 10.7 Å². The van der Waals surface area contributed by atoms with Gasteiger partial charge in [0.05, 0.1) is 21.3 Å². The Hall–Kier alpha value is -1.52. The molecule has 0 saturated heterocycles. The first-order valence-corrected chi connectivity index (χ1v) is 6.89. The monoisotopic (exact) mass is 371 g/mol. The molecule has 0 fully saturated rings. The molecule has 0 atom stereocenters. The highest BCUT2D eigenvalue weighted by atomic mass is 79.9. The predicted molar refractivity (Wildman–Crippen MR) is 84.2 cm³/mol. The maximum Gasteiger partial charge on any atom is 0.161 e. The molecule has 0 bridgehead atoms. The number of nitriles is 1. The average molecular weight is 373 g/mol. The Balaban J connectivity index is 2.45. The van der Waals surface area contributed by atoms with Crippen LogP contribution in [-0.2, 0) is 0 Å². The maximum absolute atomic E-state index is 9.09. The summed E-state index contributed by atoms with van der Waals surface area (Å²) in [5, 5.41) is 12.7. The largest absolute Gasteiger partial charge is 0.338 e. The van der Waals surface area contributed by atoms with Gasteiger partial charge in [-0.1, -0.05) is 39.1 Å². The van der Waals surface area contributed by atoms with Crippen LogP contribution in [0.2, 0.25) is 10.0 Å². The number of anilines is 3. The van der Waals surface area contributed by atoms with Crippen molar-refractivity contribution in [1.29, 1.82) is 5.26 Å². The minimum absolute atomic E-state index is 0.284. The van der Waals surface area contributed by atoms with Crippen LogP contribution in [0.15, 0.2) is 28.7 Å². The van der Waals surface area contributed by atoms with Crippen molar-refractivity contribution in [1.82, 2.24) is 4.98 Å². The molecule has 2 aromatic rings. The fourth-order valence-corrected chi connectivity index (χ4v) is 2.32. The van der Waals surface area contributed by atoms with E-state index in [9.17, 15) is 0 Å². The molecular weight excluding hydrogens is 365 g/mol. The van der Waals surface area contributed by atoms with Crippen molar-refractivity contribution in [2.45, 2.75) is 0 Å². The van der Waals surface area contributed by atoms with Crippen molar-refractivity contribution in [3.63, 3.8) is 0 Å². The summed E-state index contributed by atoms with van der Waals surface area (Å²) < 4.78 is 0.821. The van der Waals surface area contributed by atoms with E-state index in [0.717, 1.165) is 4.47 Å². The maximum atomic E-state index is 9.09. The lowest BCUT2D eigenvalue weighted by molar-refractivity contribution is 1.22. The first-order chi connectivity index (χ1) is 9.55. The second-order valence-corrected chi connectivity index (χ2v) is 5.45. The molecule has 0 radical (unpaired) electrons. The summed E-state index contributed by atoms with van der Waals surface area (Å²) in [6.07, 6.45) is 0. The van der Waals surface area contributed by atoms with Crippen LogP contribution in [0.25, 0.3) is 0 Å². The number of nitrogen functional groups attached to an aromatic ring is 1. The molecule has 102 valence electrons. The van der Waals surface area contributed by atoms with Crippen LogP contribution >= 0.6 is 39.1 Å². The van der Waals surface area contributed by atoms with Crippen molar-refractivity contribution >= 4 is 56.5 Å². The summed E-state index contributed by atoms with van der Waals surface area (Å²) in [5.74, 6) is 5.95. The molecule has 4 N–H and O–H groups in total. The average Bonchev–Trinajstić information content (AvgIpc) is 2.42. The summed E-state index contributed by atoms with van der Waals surface area (Å²) >= 11 is 15.3. The topological polar surface area (TPSA) is 86.8 Å². The fourth-order valence-electron chi connectivity index (χ4n) is 1.50. The predicted octanol–water partition coefficient (Wildman–Crippen LogP) is 4.05. The zero-order valence-electron chi connectivity index (χ0n) is 9.92. The standard InChI is InChI=1S/C12H8BrCl2N5/c13-7-2-1-6(5-16)10(3-7)18-11-8(14)4-9(15)12(19-11)20-17/h1-4H,17H2,(H2,18,19,20). The van der Waals surface area contributed by atoms with Gasteiger partial charge >= 0.3 is 0 Å². The molecule has 0 saturated carbocycles. The van der Waals surface area contributed by atoms with Gasteiger partial charge in [-0.3, -0.25) is 0 Å². The van der Waals surface area contributed by atoms with Crippen molar-refractivity contribution in [2.24, 2.45) is 5.84 Å². The van der Waals surface area contributed by atoms with Gasteiger partial charge in [0.2, 0.25) is 0 Å². The van der Waals surface area contributed by atoms with Crippen molar-refractivity contribution in [3.05, 3.63) is 44.3 Å². The van der Waals surface area contributed by atoms with E-state index in [-0.39, 0.29) is 5.82 Å². The Labute approximate surface area is 133 Å². The molecule has 5 nitrogen and oxygen atoms in total. The van der Waals surface area contributed by atoms with E-state index >= 15 is 0 Å². The van der Waals surface area contributed by atoms with Gasteiger partial charge in [-0.15, -0.1) is 0 Å². The van der Waals surface area contributed by atoms with E-state index in [2.05, 4.69) is 37.7 Å². The Morgan fingerprint density at radius 3 is 2.55 bits per heavy atom.